The van der Waals surface area contributed by atoms with E-state index in [1.54, 1.807) is 26.4 Å². The number of rotatable bonds is 8. The van der Waals surface area contributed by atoms with Crippen molar-refractivity contribution in [2.24, 2.45) is 0 Å². The van der Waals surface area contributed by atoms with Gasteiger partial charge in [0.05, 0.1) is 37.5 Å². The number of aromatic hydroxyl groups is 1. The first-order valence-electron chi connectivity index (χ1n) is 12.9. The van der Waals surface area contributed by atoms with Crippen molar-refractivity contribution in [2.45, 2.75) is 58.0 Å². The molecule has 1 aliphatic heterocycles. The normalized spacial score (nSPS) is 19.7. The third kappa shape index (κ3) is 5.50. The molecule has 39 heavy (non-hydrogen) atoms. The van der Waals surface area contributed by atoms with E-state index in [9.17, 15) is 14.7 Å². The Morgan fingerprint density at radius 2 is 1.72 bits per heavy atom. The molecule has 8 nitrogen and oxygen atoms in total. The molecule has 0 spiro atoms. The van der Waals surface area contributed by atoms with Gasteiger partial charge >= 0.3 is 5.97 Å². The summed E-state index contributed by atoms with van der Waals surface area (Å²) in [6.45, 7) is 5.60. The number of ether oxygens (including phenoxy) is 4. The molecule has 0 aromatic heterocycles. The van der Waals surface area contributed by atoms with Crippen LogP contribution in [0.15, 0.2) is 57.3 Å². The van der Waals surface area contributed by atoms with Crippen molar-refractivity contribution in [3.05, 3.63) is 68.5 Å². The fraction of sp³-hybridized carbons (Fsp3) is 0.400. The summed E-state index contributed by atoms with van der Waals surface area (Å²) in [5.41, 5.74) is 3.87. The molecule has 208 valence electrons. The van der Waals surface area contributed by atoms with Gasteiger partial charge < -0.3 is 29.4 Å². The lowest BCUT2D eigenvalue weighted by Crippen LogP contribution is -2.36. The minimum atomic E-state index is -0.692. The van der Waals surface area contributed by atoms with Crippen molar-refractivity contribution in [3.8, 4) is 23.0 Å². The van der Waals surface area contributed by atoms with Crippen LogP contribution in [0.2, 0.25) is 0 Å². The number of allylic oxidation sites excluding steroid dienone is 3. The van der Waals surface area contributed by atoms with Crippen LogP contribution in [0.4, 0.5) is 0 Å². The number of ketones is 1. The largest absolute Gasteiger partial charge is 0.503 e. The van der Waals surface area contributed by atoms with E-state index in [0.29, 0.717) is 51.2 Å². The Bertz CT molecular complexity index is 1360. The van der Waals surface area contributed by atoms with Gasteiger partial charge in [-0.25, -0.2) is 4.79 Å². The number of halogens is 1. The maximum Gasteiger partial charge on any atom is 0.337 e. The van der Waals surface area contributed by atoms with E-state index >= 15 is 0 Å². The summed E-state index contributed by atoms with van der Waals surface area (Å²) in [6, 6.07) is 9.08. The van der Waals surface area contributed by atoms with E-state index in [0.717, 1.165) is 11.3 Å². The molecule has 2 aromatic rings. The van der Waals surface area contributed by atoms with E-state index in [1.807, 2.05) is 39.0 Å². The van der Waals surface area contributed by atoms with Crippen molar-refractivity contribution < 1.29 is 33.6 Å². The Balaban J connectivity index is 1.83. The van der Waals surface area contributed by atoms with Gasteiger partial charge in [-0.15, -0.1) is 0 Å². The summed E-state index contributed by atoms with van der Waals surface area (Å²) < 4.78 is 22.4. The van der Waals surface area contributed by atoms with Gasteiger partial charge in [-0.1, -0.05) is 13.0 Å². The molecule has 1 aliphatic carbocycles. The number of phenols is 1. The van der Waals surface area contributed by atoms with Crippen LogP contribution in [0.25, 0.3) is 0 Å². The third-order valence-electron chi connectivity index (χ3n) is 7.41. The number of benzene rings is 2. The Labute approximate surface area is 237 Å². The lowest BCUT2D eigenvalue weighted by Gasteiger charge is -2.37. The molecule has 3 atom stereocenters. The molecule has 2 N–H and O–H groups in total. The lowest BCUT2D eigenvalue weighted by molar-refractivity contribution is -0.144. The van der Waals surface area contributed by atoms with Crippen LogP contribution in [0.5, 0.6) is 23.0 Å². The van der Waals surface area contributed by atoms with Crippen molar-refractivity contribution in [1.82, 2.24) is 5.32 Å². The van der Waals surface area contributed by atoms with Crippen molar-refractivity contribution in [3.63, 3.8) is 0 Å². The number of dihydropyridines is 1. The third-order valence-corrected chi connectivity index (χ3v) is 8.02. The number of carbonyl (C=O) groups is 2. The van der Waals surface area contributed by atoms with E-state index in [2.05, 4.69) is 21.2 Å². The predicted molar refractivity (Wildman–Crippen MR) is 150 cm³/mol. The zero-order valence-corrected chi connectivity index (χ0v) is 24.6. The van der Waals surface area contributed by atoms with Crippen molar-refractivity contribution in [1.29, 1.82) is 0 Å². The van der Waals surface area contributed by atoms with Gasteiger partial charge in [0, 0.05) is 29.3 Å². The summed E-state index contributed by atoms with van der Waals surface area (Å²) in [6.07, 6.45) is 1.20. The molecular formula is C30H34BrNO7. The quantitative estimate of drug-likeness (QED) is 0.362. The van der Waals surface area contributed by atoms with Gasteiger partial charge in [0.15, 0.2) is 28.8 Å². The number of methoxy groups -OCH3 is 3. The zero-order valence-electron chi connectivity index (χ0n) is 23.0. The average Bonchev–Trinajstić information content (AvgIpc) is 2.92. The number of Topliss-reactive ketones (excluding diaryl/α,β-unsaturated/α-hetero) is 1. The SMILES string of the molecule is CC[C@H](C)OC(=O)C1=C(C)NC2=C(C(=O)C[C@H](c3ccc(OC)c(OC)c3)C2)[C@@H]1c1cc(Br)c(O)c(OC)c1. The first-order chi connectivity index (χ1) is 18.6. The number of nitrogens with one attached hydrogen (secondary N) is 1. The number of carbonyl (C=O) groups excluding carboxylic acids is 2. The molecule has 2 aliphatic rings. The number of esters is 1. The molecule has 2 aromatic carbocycles. The van der Waals surface area contributed by atoms with Gasteiger partial charge in [-0.2, -0.15) is 0 Å². The second-order valence-corrected chi connectivity index (χ2v) is 10.7. The molecule has 4 rings (SSSR count). The van der Waals surface area contributed by atoms with Gasteiger partial charge in [0.2, 0.25) is 0 Å². The van der Waals surface area contributed by atoms with Crippen LogP contribution in [0.3, 0.4) is 0 Å². The predicted octanol–water partition coefficient (Wildman–Crippen LogP) is 5.88. The fourth-order valence-corrected chi connectivity index (χ4v) is 5.69. The summed E-state index contributed by atoms with van der Waals surface area (Å²) in [5.74, 6) is 0.0605. The highest BCUT2D eigenvalue weighted by atomic mass is 79.9. The first-order valence-corrected chi connectivity index (χ1v) is 13.7. The fourth-order valence-electron chi connectivity index (χ4n) is 5.23. The van der Waals surface area contributed by atoms with Crippen LogP contribution < -0.4 is 19.5 Å². The second kappa shape index (κ2) is 11.7. The molecule has 0 bridgehead atoms. The summed E-state index contributed by atoms with van der Waals surface area (Å²) in [4.78, 5) is 27.4. The van der Waals surface area contributed by atoms with Crippen LogP contribution in [-0.4, -0.2) is 44.3 Å². The summed E-state index contributed by atoms with van der Waals surface area (Å²) >= 11 is 3.40. The van der Waals surface area contributed by atoms with E-state index in [1.165, 1.54) is 7.11 Å². The zero-order chi connectivity index (χ0) is 28.4. The van der Waals surface area contributed by atoms with Gasteiger partial charge in [-0.05, 0) is 83.9 Å². The molecule has 0 saturated heterocycles. The standard InChI is InChI=1S/C30H34BrNO7/c1-7-15(2)39-30(35)26-16(3)32-21-11-18(17-8-9-23(36-4)24(13-17)37-5)12-22(33)28(21)27(26)19-10-20(31)29(34)25(14-19)38-6/h8-10,13-15,18,27,32,34H,7,11-12H2,1-6H3/t15-,18+,27+/m0/s1. The number of phenolic OH excluding ortho intramolecular Hbond substituents is 1. The molecule has 0 saturated carbocycles. The topological polar surface area (TPSA) is 103 Å². The first kappa shape index (κ1) is 28.5. The monoisotopic (exact) mass is 599 g/mol. The maximum absolute atomic E-state index is 13.9. The van der Waals surface area contributed by atoms with Crippen LogP contribution in [0, 0.1) is 0 Å². The Morgan fingerprint density at radius 1 is 1.05 bits per heavy atom. The highest BCUT2D eigenvalue weighted by molar-refractivity contribution is 9.10. The Morgan fingerprint density at radius 3 is 2.36 bits per heavy atom. The van der Waals surface area contributed by atoms with Gasteiger partial charge in [-0.3, -0.25) is 4.79 Å². The molecular weight excluding hydrogens is 566 g/mol. The number of hydrogen-bond donors (Lipinski definition) is 2. The van der Waals surface area contributed by atoms with E-state index in [4.69, 9.17) is 18.9 Å². The summed E-state index contributed by atoms with van der Waals surface area (Å²) in [5, 5.41) is 13.8. The van der Waals surface area contributed by atoms with Crippen molar-refractivity contribution >= 4 is 27.7 Å². The van der Waals surface area contributed by atoms with Crippen LogP contribution in [0.1, 0.15) is 63.0 Å². The number of hydrogen-bond acceptors (Lipinski definition) is 8. The maximum atomic E-state index is 13.9. The van der Waals surface area contributed by atoms with E-state index < -0.39 is 11.9 Å². The minimum absolute atomic E-state index is 0.0580. The molecule has 0 fully saturated rings. The van der Waals surface area contributed by atoms with Crippen molar-refractivity contribution in [2.75, 3.05) is 21.3 Å². The smallest absolute Gasteiger partial charge is 0.337 e. The average molecular weight is 601 g/mol. The molecule has 9 heteroatoms. The van der Waals surface area contributed by atoms with Crippen LogP contribution >= 0.6 is 15.9 Å². The van der Waals surface area contributed by atoms with Crippen LogP contribution in [-0.2, 0) is 14.3 Å². The van der Waals surface area contributed by atoms with E-state index in [-0.39, 0.29) is 35.7 Å². The Kier molecular flexibility index (Phi) is 8.59. The minimum Gasteiger partial charge on any atom is -0.503 e. The second-order valence-electron chi connectivity index (χ2n) is 9.81. The summed E-state index contributed by atoms with van der Waals surface area (Å²) in [7, 11) is 4.62. The Hall–Kier alpha value is -3.46. The van der Waals surface area contributed by atoms with Gasteiger partial charge in [0.1, 0.15) is 0 Å². The highest BCUT2D eigenvalue weighted by Crippen LogP contribution is 2.48. The molecule has 0 amide bonds. The van der Waals surface area contributed by atoms with Gasteiger partial charge in [0.25, 0.3) is 0 Å². The molecule has 1 heterocycles. The molecule has 0 unspecified atom stereocenters. The lowest BCUT2D eigenvalue weighted by atomic mass is 9.71. The molecule has 0 radical (unpaired) electrons. The highest BCUT2D eigenvalue weighted by Gasteiger charge is 2.42.